The molecule has 0 radical (unpaired) electrons. The summed E-state index contributed by atoms with van der Waals surface area (Å²) in [5.74, 6) is 0. The zero-order chi connectivity index (χ0) is 7.49. The minimum atomic E-state index is -4.10. The predicted molar refractivity (Wildman–Crippen MR) is 35.7 cm³/mol. The topological polar surface area (TPSA) is 54.4 Å². The quantitative estimate of drug-likeness (QED) is 0.497. The molecule has 1 N–H and O–H groups in total. The molecule has 0 unspecified atom stereocenters. The molecule has 0 heterocycles. The van der Waals surface area contributed by atoms with E-state index in [0.717, 1.165) is 6.08 Å². The van der Waals surface area contributed by atoms with E-state index in [-0.39, 0.29) is 5.03 Å². The smallest absolute Gasteiger partial charge is 0.282 e. The second kappa shape index (κ2) is 3.00. The number of hydrogen-bond donors (Lipinski definition) is 1. The highest BCUT2D eigenvalue weighted by Gasteiger charge is 1.97. The van der Waals surface area contributed by atoms with E-state index in [1.54, 1.807) is 0 Å². The van der Waals surface area contributed by atoms with Crippen LogP contribution < -0.4 is 0 Å². The van der Waals surface area contributed by atoms with Gasteiger partial charge in [-0.15, -0.1) is 0 Å². The van der Waals surface area contributed by atoms with Gasteiger partial charge in [0.25, 0.3) is 10.1 Å². The molecule has 0 aromatic rings. The lowest BCUT2D eigenvalue weighted by atomic mass is 10.6. The average molecular weight is 169 g/mol. The molecule has 0 bridgehead atoms. The summed E-state index contributed by atoms with van der Waals surface area (Å²) in [5.41, 5.74) is 0. The molecule has 0 atom stereocenters. The Morgan fingerprint density at radius 3 is 2.22 bits per heavy atom. The first-order valence-electron chi connectivity index (χ1n) is 1.93. The molecule has 0 aromatic carbocycles. The van der Waals surface area contributed by atoms with Crippen LogP contribution in [0.4, 0.5) is 0 Å². The fourth-order valence-electron chi connectivity index (χ4n) is 0.190. The highest BCUT2D eigenvalue weighted by molar-refractivity contribution is 7.88. The van der Waals surface area contributed by atoms with Gasteiger partial charge in [0.2, 0.25) is 0 Å². The molecule has 0 saturated carbocycles. The first-order chi connectivity index (χ1) is 3.95. The predicted octanol–water partition coefficient (Wildman–Crippen LogP) is 1.14. The van der Waals surface area contributed by atoms with Gasteiger partial charge >= 0.3 is 0 Å². The van der Waals surface area contributed by atoms with Gasteiger partial charge in [-0.1, -0.05) is 18.2 Å². The van der Waals surface area contributed by atoms with Gasteiger partial charge in [0.05, 0.1) is 10.4 Å². The summed E-state index contributed by atoms with van der Waals surface area (Å²) in [6.45, 7) is 3.17. The van der Waals surface area contributed by atoms with Crippen molar-refractivity contribution in [1.82, 2.24) is 0 Å². The summed E-state index contributed by atoms with van der Waals surface area (Å²) >= 11 is 5.15. The van der Waals surface area contributed by atoms with Crippen LogP contribution in [0.15, 0.2) is 23.1 Å². The normalized spacial score (nSPS) is 13.3. The molecule has 0 rings (SSSR count). The van der Waals surface area contributed by atoms with Gasteiger partial charge in [0.15, 0.2) is 0 Å². The largest absolute Gasteiger partial charge is 0.289 e. The second-order valence-electron chi connectivity index (χ2n) is 1.22. The molecule has 5 heteroatoms. The van der Waals surface area contributed by atoms with Gasteiger partial charge in [-0.2, -0.15) is 8.42 Å². The monoisotopic (exact) mass is 168 g/mol. The first kappa shape index (κ1) is 8.68. The van der Waals surface area contributed by atoms with Gasteiger partial charge in [-0.25, -0.2) is 0 Å². The second-order valence-corrected chi connectivity index (χ2v) is 2.92. The van der Waals surface area contributed by atoms with Crippen LogP contribution in [0.2, 0.25) is 0 Å². The van der Waals surface area contributed by atoms with E-state index >= 15 is 0 Å². The molecular weight excluding hydrogens is 164 g/mol. The van der Waals surface area contributed by atoms with Crippen LogP contribution in [-0.2, 0) is 10.1 Å². The van der Waals surface area contributed by atoms with Crippen LogP contribution in [0, 0.1) is 0 Å². The minimum absolute atomic E-state index is 0.113. The van der Waals surface area contributed by atoms with Gasteiger partial charge in [0, 0.05) is 0 Å². The molecule has 0 aromatic heterocycles. The Morgan fingerprint density at radius 2 is 2.11 bits per heavy atom. The Hall–Kier alpha value is -0.320. The number of allylic oxidation sites excluding steroid dienone is 2. The summed E-state index contributed by atoms with van der Waals surface area (Å²) in [6, 6.07) is 0. The highest BCUT2D eigenvalue weighted by Crippen LogP contribution is 2.03. The fourth-order valence-corrected chi connectivity index (χ4v) is 0.909. The van der Waals surface area contributed by atoms with Gasteiger partial charge in [-0.05, 0) is 6.08 Å². The van der Waals surface area contributed by atoms with Gasteiger partial charge in [0.1, 0.15) is 0 Å². The first-order valence-corrected chi connectivity index (χ1v) is 3.81. The molecule has 0 saturated heterocycles. The van der Waals surface area contributed by atoms with Crippen LogP contribution >= 0.6 is 11.6 Å². The molecule has 0 fully saturated rings. The molecule has 0 spiro atoms. The molecule has 52 valence electrons. The van der Waals surface area contributed by atoms with Crippen molar-refractivity contribution in [3.05, 3.63) is 23.1 Å². The third-order valence-corrected chi connectivity index (χ3v) is 1.40. The zero-order valence-corrected chi connectivity index (χ0v) is 5.98. The Kier molecular flexibility index (Phi) is 2.90. The lowest BCUT2D eigenvalue weighted by molar-refractivity contribution is 0.494. The standard InChI is InChI=1S/C4H5ClO3S/c1-2-4(5)3-9(6,7)8/h2-3H,1H2,(H,6,7,8). The molecule has 9 heavy (non-hydrogen) atoms. The van der Waals surface area contributed by atoms with Crippen molar-refractivity contribution in [2.45, 2.75) is 0 Å². The Bertz CT molecular complexity index is 226. The number of rotatable bonds is 2. The summed E-state index contributed by atoms with van der Waals surface area (Å²) < 4.78 is 28.0. The van der Waals surface area contributed by atoms with Crippen LogP contribution in [-0.4, -0.2) is 13.0 Å². The van der Waals surface area contributed by atoms with E-state index in [9.17, 15) is 8.42 Å². The van der Waals surface area contributed by atoms with Gasteiger partial charge in [-0.3, -0.25) is 4.55 Å². The van der Waals surface area contributed by atoms with E-state index in [1.807, 2.05) is 0 Å². The van der Waals surface area contributed by atoms with Crippen molar-refractivity contribution in [2.24, 2.45) is 0 Å². The molecule has 3 nitrogen and oxygen atoms in total. The molecule has 0 aliphatic heterocycles. The Morgan fingerprint density at radius 1 is 1.67 bits per heavy atom. The summed E-state index contributed by atoms with van der Waals surface area (Å²) in [6.07, 6.45) is 1.11. The lowest BCUT2D eigenvalue weighted by Gasteiger charge is -1.83. The van der Waals surface area contributed by atoms with Crippen molar-refractivity contribution in [3.8, 4) is 0 Å². The van der Waals surface area contributed by atoms with Gasteiger partial charge < -0.3 is 0 Å². The van der Waals surface area contributed by atoms with Crippen LogP contribution in [0.5, 0.6) is 0 Å². The van der Waals surface area contributed by atoms with Crippen molar-refractivity contribution in [1.29, 1.82) is 0 Å². The Labute approximate surface area is 58.4 Å². The van der Waals surface area contributed by atoms with Crippen molar-refractivity contribution < 1.29 is 13.0 Å². The van der Waals surface area contributed by atoms with E-state index in [4.69, 9.17) is 16.2 Å². The maximum Gasteiger partial charge on any atom is 0.289 e. The summed E-state index contributed by atoms with van der Waals surface area (Å²) in [5, 5.41) is 0.388. The van der Waals surface area contributed by atoms with Crippen LogP contribution in [0.25, 0.3) is 0 Å². The number of hydrogen-bond acceptors (Lipinski definition) is 2. The summed E-state index contributed by atoms with van der Waals surface area (Å²) in [4.78, 5) is 0. The lowest BCUT2D eigenvalue weighted by Crippen LogP contribution is -1.89. The molecule has 0 amide bonds. The van der Waals surface area contributed by atoms with E-state index in [2.05, 4.69) is 6.58 Å². The average Bonchev–Trinajstić information content (AvgIpc) is 1.62. The van der Waals surface area contributed by atoms with E-state index in [0.29, 0.717) is 5.41 Å². The molecular formula is C4H5ClO3S. The minimum Gasteiger partial charge on any atom is -0.282 e. The van der Waals surface area contributed by atoms with Crippen LogP contribution in [0.1, 0.15) is 0 Å². The maximum absolute atomic E-state index is 9.95. The highest BCUT2D eigenvalue weighted by atomic mass is 35.5. The SMILES string of the molecule is C=CC(Cl)=CS(=O)(=O)O. The van der Waals surface area contributed by atoms with E-state index < -0.39 is 10.1 Å². The van der Waals surface area contributed by atoms with Crippen molar-refractivity contribution in [2.75, 3.05) is 0 Å². The number of halogens is 1. The molecule has 0 aliphatic carbocycles. The Balaban J connectivity index is 4.51. The van der Waals surface area contributed by atoms with Crippen molar-refractivity contribution >= 4 is 21.7 Å². The maximum atomic E-state index is 9.95. The van der Waals surface area contributed by atoms with Crippen LogP contribution in [0.3, 0.4) is 0 Å². The zero-order valence-electron chi connectivity index (χ0n) is 4.41. The fraction of sp³-hybridized carbons (Fsp3) is 0. The van der Waals surface area contributed by atoms with E-state index in [1.165, 1.54) is 0 Å². The third-order valence-electron chi connectivity index (χ3n) is 0.457. The third kappa shape index (κ3) is 5.55. The molecule has 0 aliphatic rings. The van der Waals surface area contributed by atoms with Crippen molar-refractivity contribution in [3.63, 3.8) is 0 Å². The summed E-state index contributed by atoms with van der Waals surface area (Å²) in [7, 11) is -4.10.